The van der Waals surface area contributed by atoms with Crippen LogP contribution in [-0.2, 0) is 0 Å². The zero-order chi connectivity index (χ0) is 15.6. The van der Waals surface area contributed by atoms with Crippen LogP contribution in [0.1, 0.15) is 47.3 Å². The molecular formula is C13H18F3N3OS. The van der Waals surface area contributed by atoms with Crippen molar-refractivity contribution in [3.8, 4) is 0 Å². The van der Waals surface area contributed by atoms with Crippen LogP contribution in [0.5, 0.6) is 0 Å². The van der Waals surface area contributed by atoms with E-state index in [1.54, 1.807) is 0 Å². The molecule has 4 nitrogen and oxygen atoms in total. The molecule has 0 spiro atoms. The van der Waals surface area contributed by atoms with Crippen LogP contribution in [0.25, 0.3) is 0 Å². The monoisotopic (exact) mass is 321 g/mol. The van der Waals surface area contributed by atoms with Crippen LogP contribution in [0.2, 0.25) is 0 Å². The Bertz CT molecular complexity index is 523. The van der Waals surface area contributed by atoms with Gasteiger partial charge in [-0.3, -0.25) is 4.79 Å². The Balaban J connectivity index is 2.21. The highest BCUT2D eigenvalue weighted by atomic mass is 32.1. The molecule has 1 aromatic heterocycles. The second-order valence-corrected chi connectivity index (χ2v) is 6.11. The predicted molar refractivity (Wildman–Crippen MR) is 77.9 cm³/mol. The van der Waals surface area contributed by atoms with E-state index >= 15 is 0 Å². The first-order chi connectivity index (χ1) is 9.83. The minimum Gasteiger partial charge on any atom is -0.397 e. The molecule has 21 heavy (non-hydrogen) atoms. The Hall–Kier alpha value is -1.44. The molecule has 0 unspecified atom stereocenters. The smallest absolute Gasteiger partial charge is 0.397 e. The van der Waals surface area contributed by atoms with Crippen molar-refractivity contribution in [2.24, 2.45) is 0 Å². The normalized spacial score (nSPS) is 15.0. The lowest BCUT2D eigenvalue weighted by atomic mass is 10.1. The summed E-state index contributed by atoms with van der Waals surface area (Å²) in [6.07, 6.45) is -1.72. The summed E-state index contributed by atoms with van der Waals surface area (Å²) >= 11 is 1.01. The molecule has 0 aliphatic heterocycles. The lowest BCUT2D eigenvalue weighted by Gasteiger charge is -2.09. The quantitative estimate of drug-likeness (QED) is 0.753. The first kappa shape index (κ1) is 15.9. The van der Waals surface area contributed by atoms with Crippen molar-refractivity contribution in [3.63, 3.8) is 0 Å². The average molecular weight is 321 g/mol. The molecule has 1 saturated carbocycles. The number of nitrogen functional groups attached to an aromatic ring is 1. The van der Waals surface area contributed by atoms with Gasteiger partial charge in [-0.2, -0.15) is 13.2 Å². The Kier molecular flexibility index (Phi) is 4.65. The molecular weight excluding hydrogens is 303 g/mol. The summed E-state index contributed by atoms with van der Waals surface area (Å²) < 4.78 is 37.1. The third kappa shape index (κ3) is 4.03. The van der Waals surface area contributed by atoms with Crippen molar-refractivity contribution in [1.82, 2.24) is 5.32 Å². The number of hydrogen-bond acceptors (Lipinski definition) is 4. The van der Waals surface area contributed by atoms with Gasteiger partial charge in [0.15, 0.2) is 0 Å². The molecule has 4 N–H and O–H groups in total. The standard InChI is InChI=1S/C13H18F3N3OS/c1-2-5-18-11(20)10-9(17)8(7-3-4-7)12(21-10)19-6-13(14,15)16/h7,19H,2-6,17H2,1H3,(H,18,20). The van der Waals surface area contributed by atoms with Crippen LogP contribution in [-0.4, -0.2) is 25.2 Å². The summed E-state index contributed by atoms with van der Waals surface area (Å²) in [6, 6.07) is 0. The molecule has 0 aromatic carbocycles. The number of halogens is 3. The third-order valence-corrected chi connectivity index (χ3v) is 4.34. The summed E-state index contributed by atoms with van der Waals surface area (Å²) in [7, 11) is 0. The number of thiophene rings is 1. The van der Waals surface area contributed by atoms with Gasteiger partial charge in [0.1, 0.15) is 11.4 Å². The molecule has 1 fully saturated rings. The van der Waals surface area contributed by atoms with E-state index in [2.05, 4.69) is 10.6 Å². The van der Waals surface area contributed by atoms with E-state index < -0.39 is 12.7 Å². The van der Waals surface area contributed by atoms with Crippen LogP contribution in [0.15, 0.2) is 0 Å². The molecule has 1 aromatic rings. The fraction of sp³-hybridized carbons (Fsp3) is 0.615. The fourth-order valence-corrected chi connectivity index (χ4v) is 3.15. The minimum absolute atomic E-state index is 0.171. The van der Waals surface area contributed by atoms with E-state index in [1.807, 2.05) is 6.92 Å². The maximum Gasteiger partial charge on any atom is 0.405 e. The van der Waals surface area contributed by atoms with E-state index in [-0.39, 0.29) is 11.8 Å². The van der Waals surface area contributed by atoms with Gasteiger partial charge in [-0.05, 0) is 25.2 Å². The van der Waals surface area contributed by atoms with Gasteiger partial charge in [-0.25, -0.2) is 0 Å². The van der Waals surface area contributed by atoms with Gasteiger partial charge in [0.05, 0.1) is 10.7 Å². The van der Waals surface area contributed by atoms with Crippen LogP contribution < -0.4 is 16.4 Å². The van der Waals surface area contributed by atoms with E-state index in [0.29, 0.717) is 27.7 Å². The number of rotatable bonds is 6. The molecule has 1 aliphatic carbocycles. The Morgan fingerprint density at radius 3 is 2.62 bits per heavy atom. The first-order valence-electron chi connectivity index (χ1n) is 6.84. The highest BCUT2D eigenvalue weighted by molar-refractivity contribution is 7.18. The SMILES string of the molecule is CCCNC(=O)c1sc(NCC(F)(F)F)c(C2CC2)c1N. The molecule has 1 heterocycles. The summed E-state index contributed by atoms with van der Waals surface area (Å²) in [5.41, 5.74) is 6.98. The molecule has 8 heteroatoms. The molecule has 1 amide bonds. The van der Waals surface area contributed by atoms with Crippen LogP contribution >= 0.6 is 11.3 Å². The van der Waals surface area contributed by atoms with Crippen molar-refractivity contribution in [1.29, 1.82) is 0 Å². The minimum atomic E-state index is -4.30. The molecule has 0 atom stereocenters. The number of amides is 1. The number of nitrogens with one attached hydrogen (secondary N) is 2. The summed E-state index contributed by atoms with van der Waals surface area (Å²) in [5, 5.41) is 5.45. The van der Waals surface area contributed by atoms with Gasteiger partial charge in [0, 0.05) is 12.1 Å². The number of alkyl halides is 3. The Labute approximate surface area is 124 Å². The Morgan fingerprint density at radius 1 is 1.43 bits per heavy atom. The number of nitrogens with two attached hydrogens (primary N) is 1. The van der Waals surface area contributed by atoms with Crippen molar-refractivity contribution in [3.05, 3.63) is 10.4 Å². The Morgan fingerprint density at radius 2 is 2.10 bits per heavy atom. The van der Waals surface area contributed by atoms with Gasteiger partial charge in [-0.15, -0.1) is 11.3 Å². The lowest BCUT2D eigenvalue weighted by molar-refractivity contribution is -0.115. The second kappa shape index (κ2) is 6.13. The molecule has 0 radical (unpaired) electrons. The van der Waals surface area contributed by atoms with Gasteiger partial charge >= 0.3 is 6.18 Å². The predicted octanol–water partition coefficient (Wildman–Crippen LogP) is 3.32. The molecule has 2 rings (SSSR count). The van der Waals surface area contributed by atoms with Crippen LogP contribution in [0.4, 0.5) is 23.9 Å². The number of anilines is 2. The van der Waals surface area contributed by atoms with Crippen molar-refractivity contribution in [2.45, 2.75) is 38.3 Å². The highest BCUT2D eigenvalue weighted by Crippen LogP contribution is 2.50. The van der Waals surface area contributed by atoms with Crippen molar-refractivity contribution < 1.29 is 18.0 Å². The van der Waals surface area contributed by atoms with E-state index in [4.69, 9.17) is 5.73 Å². The van der Waals surface area contributed by atoms with Crippen molar-refractivity contribution >= 4 is 27.9 Å². The van der Waals surface area contributed by atoms with Gasteiger partial charge in [0.2, 0.25) is 0 Å². The fourth-order valence-electron chi connectivity index (χ4n) is 2.03. The molecule has 0 bridgehead atoms. The van der Waals surface area contributed by atoms with Gasteiger partial charge in [-0.1, -0.05) is 6.92 Å². The third-order valence-electron chi connectivity index (χ3n) is 3.16. The molecule has 118 valence electrons. The average Bonchev–Trinajstić information content (AvgIpc) is 3.17. The molecule has 0 saturated heterocycles. The lowest BCUT2D eigenvalue weighted by Crippen LogP contribution is -2.23. The second-order valence-electron chi connectivity index (χ2n) is 5.09. The first-order valence-corrected chi connectivity index (χ1v) is 7.66. The number of carbonyl (C=O) groups excluding carboxylic acids is 1. The van der Waals surface area contributed by atoms with Crippen molar-refractivity contribution in [2.75, 3.05) is 24.1 Å². The topological polar surface area (TPSA) is 67.2 Å². The van der Waals surface area contributed by atoms with E-state index in [1.165, 1.54) is 0 Å². The number of carbonyl (C=O) groups is 1. The van der Waals surface area contributed by atoms with Crippen LogP contribution in [0, 0.1) is 0 Å². The van der Waals surface area contributed by atoms with Gasteiger partial charge in [0.25, 0.3) is 5.91 Å². The van der Waals surface area contributed by atoms with E-state index in [0.717, 1.165) is 30.6 Å². The molecule has 1 aliphatic rings. The summed E-state index contributed by atoms with van der Waals surface area (Å²) in [5.74, 6) is -0.147. The zero-order valence-corrected chi connectivity index (χ0v) is 12.5. The zero-order valence-electron chi connectivity index (χ0n) is 11.6. The maximum absolute atomic E-state index is 12.4. The summed E-state index contributed by atoms with van der Waals surface area (Å²) in [6.45, 7) is 1.31. The van der Waals surface area contributed by atoms with Gasteiger partial charge < -0.3 is 16.4 Å². The summed E-state index contributed by atoms with van der Waals surface area (Å²) in [4.78, 5) is 12.3. The largest absolute Gasteiger partial charge is 0.405 e. The maximum atomic E-state index is 12.4. The van der Waals surface area contributed by atoms with Crippen LogP contribution in [0.3, 0.4) is 0 Å². The number of hydrogen-bond donors (Lipinski definition) is 3. The van der Waals surface area contributed by atoms with E-state index in [9.17, 15) is 18.0 Å². The highest BCUT2D eigenvalue weighted by Gasteiger charge is 2.34.